The largest absolute Gasteiger partial charge is 0.506 e. The highest BCUT2D eigenvalue weighted by atomic mass is 35.5. The number of piperazine rings is 1. The van der Waals surface area contributed by atoms with Gasteiger partial charge in [-0.2, -0.15) is 0 Å². The molecule has 0 radical (unpaired) electrons. The van der Waals surface area contributed by atoms with Crippen LogP contribution in [0.4, 0.5) is 11.4 Å². The molecule has 1 N–H and O–H groups in total. The molecule has 0 atom stereocenters. The maximum absolute atomic E-state index is 10.4. The van der Waals surface area contributed by atoms with Crippen LogP contribution in [0.15, 0.2) is 18.2 Å². The van der Waals surface area contributed by atoms with Crippen molar-refractivity contribution in [3.8, 4) is 5.75 Å². The molecule has 1 aromatic carbocycles. The molecule has 156 valence electrons. The van der Waals surface area contributed by atoms with Crippen molar-refractivity contribution in [2.75, 3.05) is 49.1 Å². The van der Waals surface area contributed by atoms with Crippen LogP contribution in [0.5, 0.6) is 5.75 Å². The summed E-state index contributed by atoms with van der Waals surface area (Å²) >= 11 is 0. The van der Waals surface area contributed by atoms with Crippen molar-refractivity contribution in [3.63, 3.8) is 0 Å². The lowest BCUT2D eigenvalue weighted by Crippen LogP contribution is -2.49. The van der Waals surface area contributed by atoms with Crippen molar-refractivity contribution in [1.29, 1.82) is 0 Å². The van der Waals surface area contributed by atoms with E-state index >= 15 is 0 Å². The van der Waals surface area contributed by atoms with Crippen LogP contribution in [0, 0.1) is 0 Å². The van der Waals surface area contributed by atoms with Gasteiger partial charge in [-0.05, 0) is 50.3 Å². The van der Waals surface area contributed by atoms with Gasteiger partial charge >= 0.3 is 0 Å². The van der Waals surface area contributed by atoms with Crippen LogP contribution in [0.3, 0.4) is 0 Å². The Morgan fingerprint density at radius 2 is 1.33 bits per heavy atom. The van der Waals surface area contributed by atoms with Gasteiger partial charge in [-0.25, -0.2) is 0 Å². The fourth-order valence-corrected chi connectivity index (χ4v) is 4.71. The van der Waals surface area contributed by atoms with Gasteiger partial charge in [-0.3, -0.25) is 4.90 Å². The van der Waals surface area contributed by atoms with Crippen LogP contribution in [0.1, 0.15) is 44.9 Å². The van der Waals surface area contributed by atoms with E-state index < -0.39 is 0 Å². The third-order valence-corrected chi connectivity index (χ3v) is 6.18. The first-order valence-electron chi connectivity index (χ1n) is 9.88. The minimum absolute atomic E-state index is 0. The zero-order valence-electron chi connectivity index (χ0n) is 16.0. The number of piperidine rings is 1. The molecule has 0 spiro atoms. The topological polar surface area (TPSA) is 30.0 Å². The number of rotatable bonds is 3. The molecule has 3 aliphatic rings. The predicted molar refractivity (Wildman–Crippen MR) is 122 cm³/mol. The Morgan fingerprint density at radius 1 is 0.704 bits per heavy atom. The molecule has 4 nitrogen and oxygen atoms in total. The van der Waals surface area contributed by atoms with Gasteiger partial charge in [0.1, 0.15) is 5.75 Å². The van der Waals surface area contributed by atoms with Gasteiger partial charge in [0.15, 0.2) is 0 Å². The van der Waals surface area contributed by atoms with Crippen molar-refractivity contribution < 1.29 is 5.11 Å². The van der Waals surface area contributed by atoms with E-state index in [2.05, 4.69) is 26.8 Å². The molecule has 2 aliphatic heterocycles. The molecule has 3 fully saturated rings. The molecule has 0 aromatic heterocycles. The van der Waals surface area contributed by atoms with E-state index in [1.807, 2.05) is 6.07 Å². The van der Waals surface area contributed by atoms with Gasteiger partial charge in [0, 0.05) is 51.0 Å². The summed E-state index contributed by atoms with van der Waals surface area (Å²) in [5, 5.41) is 10.4. The molecule has 0 amide bonds. The van der Waals surface area contributed by atoms with Gasteiger partial charge in [0.25, 0.3) is 0 Å². The number of anilines is 2. The smallest absolute Gasteiger partial charge is 0.139 e. The Hall–Kier alpha value is -0.550. The van der Waals surface area contributed by atoms with Crippen LogP contribution >= 0.6 is 37.2 Å². The molecule has 0 unspecified atom stereocenters. The summed E-state index contributed by atoms with van der Waals surface area (Å²) in [7, 11) is 0. The van der Waals surface area contributed by atoms with Crippen LogP contribution in [-0.2, 0) is 0 Å². The summed E-state index contributed by atoms with van der Waals surface area (Å²) in [6.07, 6.45) is 9.51. The van der Waals surface area contributed by atoms with Crippen LogP contribution in [0.25, 0.3) is 0 Å². The lowest BCUT2D eigenvalue weighted by Gasteiger charge is -2.39. The molecule has 0 bridgehead atoms. The van der Waals surface area contributed by atoms with Gasteiger partial charge in [-0.15, -0.1) is 37.2 Å². The van der Waals surface area contributed by atoms with Gasteiger partial charge in [0.05, 0.1) is 5.69 Å². The van der Waals surface area contributed by atoms with Gasteiger partial charge < -0.3 is 14.9 Å². The van der Waals surface area contributed by atoms with E-state index in [1.165, 1.54) is 50.6 Å². The Morgan fingerprint density at radius 3 is 1.96 bits per heavy atom. The van der Waals surface area contributed by atoms with E-state index in [0.29, 0.717) is 5.75 Å². The number of hydrogen-bond acceptors (Lipinski definition) is 4. The normalized spacial score (nSPS) is 21.2. The third-order valence-electron chi connectivity index (χ3n) is 6.18. The molecule has 7 heteroatoms. The number of phenols is 1. The first-order valence-corrected chi connectivity index (χ1v) is 9.88. The molecule has 1 saturated carbocycles. The van der Waals surface area contributed by atoms with E-state index in [-0.39, 0.29) is 37.2 Å². The van der Waals surface area contributed by atoms with Crippen molar-refractivity contribution in [1.82, 2.24) is 4.90 Å². The standard InChI is InChI=1S/C20H31N3O.3ClH/c24-20-9-8-18(21-10-4-1-5-11-21)16-19(20)23-14-12-22(13-15-23)17-6-2-3-7-17;;;/h8-9,16-17,24H,1-7,10-15H2;3*1H. The second kappa shape index (κ2) is 11.5. The van der Waals surface area contributed by atoms with Crippen molar-refractivity contribution in [2.45, 2.75) is 51.0 Å². The molecular formula is C20H34Cl3N3O. The lowest BCUT2D eigenvalue weighted by atomic mass is 10.1. The lowest BCUT2D eigenvalue weighted by molar-refractivity contribution is 0.187. The van der Waals surface area contributed by atoms with Gasteiger partial charge in [0.2, 0.25) is 0 Å². The minimum atomic E-state index is 0. The first-order chi connectivity index (χ1) is 11.8. The number of nitrogens with zero attached hydrogens (tertiary/aromatic N) is 3. The third kappa shape index (κ3) is 5.72. The Kier molecular flexibility index (Phi) is 10.4. The monoisotopic (exact) mass is 437 g/mol. The molecule has 27 heavy (non-hydrogen) atoms. The Labute approximate surface area is 182 Å². The molecule has 2 heterocycles. The van der Waals surface area contributed by atoms with E-state index in [0.717, 1.165) is 51.0 Å². The van der Waals surface area contributed by atoms with E-state index in [9.17, 15) is 5.11 Å². The number of halogens is 3. The summed E-state index contributed by atoms with van der Waals surface area (Å²) in [6.45, 7) is 6.65. The highest BCUT2D eigenvalue weighted by molar-refractivity contribution is 5.86. The van der Waals surface area contributed by atoms with Gasteiger partial charge in [-0.1, -0.05) is 12.8 Å². The maximum Gasteiger partial charge on any atom is 0.139 e. The van der Waals surface area contributed by atoms with Crippen molar-refractivity contribution >= 4 is 48.6 Å². The van der Waals surface area contributed by atoms with Crippen molar-refractivity contribution in [2.24, 2.45) is 0 Å². The van der Waals surface area contributed by atoms with Crippen molar-refractivity contribution in [3.05, 3.63) is 18.2 Å². The number of phenolic OH excluding ortho intramolecular Hbond substituents is 1. The highest BCUT2D eigenvalue weighted by Crippen LogP contribution is 2.34. The Balaban J connectivity index is 0.00000121. The average molecular weight is 439 g/mol. The van der Waals surface area contributed by atoms with Crippen LogP contribution < -0.4 is 9.80 Å². The van der Waals surface area contributed by atoms with Crippen LogP contribution in [-0.4, -0.2) is 55.3 Å². The fourth-order valence-electron chi connectivity index (χ4n) is 4.71. The first kappa shape index (κ1) is 24.5. The molecule has 1 aliphatic carbocycles. The van der Waals surface area contributed by atoms with E-state index in [1.54, 1.807) is 0 Å². The molecular weight excluding hydrogens is 405 g/mol. The second-order valence-electron chi connectivity index (χ2n) is 7.68. The zero-order valence-corrected chi connectivity index (χ0v) is 18.5. The number of aromatic hydroxyl groups is 1. The summed E-state index contributed by atoms with van der Waals surface area (Å²) in [6, 6.07) is 7.01. The predicted octanol–water partition coefficient (Wildman–Crippen LogP) is 4.71. The quantitative estimate of drug-likeness (QED) is 0.740. The molecule has 4 rings (SSSR count). The van der Waals surface area contributed by atoms with Crippen LogP contribution in [0.2, 0.25) is 0 Å². The SMILES string of the molecule is Cl.Cl.Cl.Oc1ccc(N2CCCCC2)cc1N1CCN(C2CCCC2)CC1. The molecule has 2 saturated heterocycles. The highest BCUT2D eigenvalue weighted by Gasteiger charge is 2.27. The van der Waals surface area contributed by atoms with E-state index in [4.69, 9.17) is 0 Å². The fraction of sp³-hybridized carbons (Fsp3) is 0.700. The summed E-state index contributed by atoms with van der Waals surface area (Å²) in [5.41, 5.74) is 2.31. The zero-order chi connectivity index (χ0) is 16.4. The number of hydrogen-bond donors (Lipinski definition) is 1. The second-order valence-corrected chi connectivity index (χ2v) is 7.68. The maximum atomic E-state index is 10.4. The number of benzene rings is 1. The summed E-state index contributed by atoms with van der Waals surface area (Å²) < 4.78 is 0. The average Bonchev–Trinajstić information content (AvgIpc) is 3.18. The Bertz CT molecular complexity index is 555. The summed E-state index contributed by atoms with van der Waals surface area (Å²) in [4.78, 5) is 7.53. The minimum Gasteiger partial charge on any atom is -0.506 e. The summed E-state index contributed by atoms with van der Waals surface area (Å²) in [5.74, 6) is 0.435. The molecule has 1 aromatic rings.